The molecule has 0 radical (unpaired) electrons. The Bertz CT molecular complexity index is 1230. The summed E-state index contributed by atoms with van der Waals surface area (Å²) in [6.45, 7) is 0.696. The first kappa shape index (κ1) is 20.9. The second kappa shape index (κ2) is 8.52. The Labute approximate surface area is 188 Å². The van der Waals surface area contributed by atoms with Crippen LogP contribution in [0.2, 0.25) is 0 Å². The van der Waals surface area contributed by atoms with Crippen LogP contribution < -0.4 is 5.32 Å². The highest BCUT2D eigenvalue weighted by atomic mass is 32.2. The average Bonchev–Trinajstić information content (AvgIpc) is 3.51. The molecule has 1 amide bonds. The number of aryl methyl sites for hydroxylation is 2. The van der Waals surface area contributed by atoms with E-state index in [9.17, 15) is 13.2 Å². The van der Waals surface area contributed by atoms with Crippen LogP contribution in [0.25, 0.3) is 5.69 Å². The van der Waals surface area contributed by atoms with Crippen molar-refractivity contribution in [1.29, 1.82) is 0 Å². The van der Waals surface area contributed by atoms with Crippen LogP contribution in [0.15, 0.2) is 66.1 Å². The van der Waals surface area contributed by atoms with Crippen molar-refractivity contribution in [2.75, 3.05) is 18.4 Å². The van der Waals surface area contributed by atoms with Gasteiger partial charge in [0.25, 0.3) is 0 Å². The number of carbonyl (C=O) groups is 1. The van der Waals surface area contributed by atoms with E-state index in [4.69, 9.17) is 0 Å². The highest BCUT2D eigenvalue weighted by molar-refractivity contribution is 7.89. The molecule has 1 aliphatic carbocycles. The minimum absolute atomic E-state index is 0.0767. The number of nitrogens with zero attached hydrogens (tertiary/aromatic N) is 3. The minimum atomic E-state index is -3.54. The van der Waals surface area contributed by atoms with E-state index in [1.807, 2.05) is 47.2 Å². The van der Waals surface area contributed by atoms with E-state index in [-0.39, 0.29) is 11.8 Å². The maximum absolute atomic E-state index is 13.1. The van der Waals surface area contributed by atoms with Crippen molar-refractivity contribution in [3.05, 3.63) is 72.3 Å². The van der Waals surface area contributed by atoms with Crippen molar-refractivity contribution in [2.45, 2.75) is 37.0 Å². The van der Waals surface area contributed by atoms with Crippen molar-refractivity contribution in [2.24, 2.45) is 5.92 Å². The topological polar surface area (TPSA) is 84.3 Å². The molecule has 0 bridgehead atoms. The Morgan fingerprint density at radius 1 is 1.03 bits per heavy atom. The molecular formula is C24H26N4O3S. The van der Waals surface area contributed by atoms with Gasteiger partial charge in [-0.3, -0.25) is 4.79 Å². The first-order valence-corrected chi connectivity index (χ1v) is 12.5. The lowest BCUT2D eigenvalue weighted by Crippen LogP contribution is -2.41. The molecule has 2 aromatic carbocycles. The van der Waals surface area contributed by atoms with Crippen LogP contribution in [0.1, 0.15) is 30.4 Å². The molecule has 1 N–H and O–H groups in total. The number of rotatable bonds is 5. The number of anilines is 1. The van der Waals surface area contributed by atoms with Crippen LogP contribution in [0.4, 0.5) is 5.69 Å². The number of aromatic nitrogens is 2. The zero-order chi connectivity index (χ0) is 22.1. The zero-order valence-electron chi connectivity index (χ0n) is 17.8. The molecule has 8 heteroatoms. The summed E-state index contributed by atoms with van der Waals surface area (Å²) < 4.78 is 29.7. The Morgan fingerprint density at radius 2 is 1.81 bits per heavy atom. The third-order valence-electron chi connectivity index (χ3n) is 6.48. The molecule has 1 fully saturated rings. The summed E-state index contributed by atoms with van der Waals surface area (Å²) in [5.41, 5.74) is 3.96. The number of fused-ring (bicyclic) bond motifs is 1. The van der Waals surface area contributed by atoms with Gasteiger partial charge in [0, 0.05) is 31.4 Å². The number of imidazole rings is 1. The fraction of sp³-hybridized carbons (Fsp3) is 0.333. The molecule has 2 heterocycles. The van der Waals surface area contributed by atoms with E-state index >= 15 is 0 Å². The molecule has 1 saturated heterocycles. The molecule has 7 nitrogen and oxygen atoms in total. The predicted octanol–water partition coefficient (Wildman–Crippen LogP) is 3.40. The molecule has 1 aliphatic heterocycles. The molecule has 0 spiro atoms. The summed E-state index contributed by atoms with van der Waals surface area (Å²) in [5, 5.41) is 3.03. The SMILES string of the molecule is O=C(Nc1ccccc1-n1ccnc1)C1CCN(S(=O)(=O)c2ccc3c(c2)CCC3)CC1. The summed E-state index contributed by atoms with van der Waals surface area (Å²) in [7, 11) is -3.54. The van der Waals surface area contributed by atoms with Gasteiger partial charge in [0.05, 0.1) is 22.6 Å². The van der Waals surface area contributed by atoms with E-state index in [0.29, 0.717) is 36.5 Å². The molecular weight excluding hydrogens is 424 g/mol. The van der Waals surface area contributed by atoms with Crippen molar-refractivity contribution >= 4 is 21.6 Å². The zero-order valence-corrected chi connectivity index (χ0v) is 18.6. The smallest absolute Gasteiger partial charge is 0.243 e. The lowest BCUT2D eigenvalue weighted by atomic mass is 9.97. The van der Waals surface area contributed by atoms with Gasteiger partial charge in [-0.1, -0.05) is 18.2 Å². The number of hydrogen-bond acceptors (Lipinski definition) is 4. The summed E-state index contributed by atoms with van der Waals surface area (Å²) in [4.78, 5) is 17.4. The Kier molecular flexibility index (Phi) is 5.57. The van der Waals surface area contributed by atoms with Gasteiger partial charge in [-0.25, -0.2) is 13.4 Å². The molecule has 1 aromatic heterocycles. The Morgan fingerprint density at radius 3 is 2.59 bits per heavy atom. The van der Waals surface area contributed by atoms with Gasteiger partial charge < -0.3 is 9.88 Å². The first-order valence-electron chi connectivity index (χ1n) is 11.0. The molecule has 2 aliphatic rings. The largest absolute Gasteiger partial charge is 0.324 e. The van der Waals surface area contributed by atoms with Crippen LogP contribution in [0, 0.1) is 5.92 Å². The number of sulfonamides is 1. The number of piperidine rings is 1. The van der Waals surface area contributed by atoms with Crippen molar-refractivity contribution < 1.29 is 13.2 Å². The van der Waals surface area contributed by atoms with E-state index in [2.05, 4.69) is 10.3 Å². The van der Waals surface area contributed by atoms with E-state index in [0.717, 1.165) is 30.5 Å². The van der Waals surface area contributed by atoms with Crippen molar-refractivity contribution in [3.8, 4) is 5.69 Å². The van der Waals surface area contributed by atoms with Crippen LogP contribution in [-0.4, -0.2) is 41.3 Å². The summed E-state index contributed by atoms with van der Waals surface area (Å²) in [6.07, 6.45) is 9.27. The van der Waals surface area contributed by atoms with Gasteiger partial charge >= 0.3 is 0 Å². The molecule has 0 unspecified atom stereocenters. The molecule has 0 saturated carbocycles. The van der Waals surface area contributed by atoms with E-state index < -0.39 is 10.0 Å². The van der Waals surface area contributed by atoms with Crippen LogP contribution >= 0.6 is 0 Å². The van der Waals surface area contributed by atoms with Crippen LogP contribution in [0.3, 0.4) is 0 Å². The number of hydrogen-bond donors (Lipinski definition) is 1. The lowest BCUT2D eigenvalue weighted by molar-refractivity contribution is -0.120. The van der Waals surface area contributed by atoms with Gasteiger partial charge in [-0.05, 0) is 67.5 Å². The second-order valence-corrected chi connectivity index (χ2v) is 10.4. The fourth-order valence-electron chi connectivity index (χ4n) is 4.66. The lowest BCUT2D eigenvalue weighted by Gasteiger charge is -2.30. The summed E-state index contributed by atoms with van der Waals surface area (Å²) in [5.74, 6) is -0.301. The highest BCUT2D eigenvalue weighted by Crippen LogP contribution is 2.29. The molecule has 166 valence electrons. The van der Waals surface area contributed by atoms with Gasteiger partial charge in [0.1, 0.15) is 0 Å². The number of benzene rings is 2. The van der Waals surface area contributed by atoms with Crippen molar-refractivity contribution in [1.82, 2.24) is 13.9 Å². The Hall–Kier alpha value is -2.97. The van der Waals surface area contributed by atoms with Gasteiger partial charge in [0.2, 0.25) is 15.9 Å². The average molecular weight is 451 g/mol. The van der Waals surface area contributed by atoms with Gasteiger partial charge in [-0.15, -0.1) is 0 Å². The minimum Gasteiger partial charge on any atom is -0.324 e. The maximum atomic E-state index is 13.1. The van der Waals surface area contributed by atoms with Gasteiger partial charge in [0.15, 0.2) is 0 Å². The monoisotopic (exact) mass is 450 g/mol. The van der Waals surface area contributed by atoms with E-state index in [1.54, 1.807) is 18.6 Å². The predicted molar refractivity (Wildman–Crippen MR) is 122 cm³/mol. The third-order valence-corrected chi connectivity index (χ3v) is 8.37. The molecule has 3 aromatic rings. The van der Waals surface area contributed by atoms with Crippen LogP contribution in [0.5, 0.6) is 0 Å². The standard InChI is InChI=1S/C24H26N4O3S/c29-24(26-22-6-1-2-7-23(22)27-15-12-25-17-27)19-10-13-28(14-11-19)32(30,31)21-9-8-18-4-3-5-20(18)16-21/h1-2,6-9,12,15-17,19H,3-5,10-11,13-14H2,(H,26,29). The number of para-hydroxylation sites is 2. The summed E-state index contributed by atoms with van der Waals surface area (Å²) in [6, 6.07) is 13.1. The number of carbonyl (C=O) groups excluding carboxylic acids is 1. The number of amides is 1. The highest BCUT2D eigenvalue weighted by Gasteiger charge is 2.32. The Balaban J connectivity index is 1.25. The van der Waals surface area contributed by atoms with Gasteiger partial charge in [-0.2, -0.15) is 4.31 Å². The van der Waals surface area contributed by atoms with Crippen molar-refractivity contribution in [3.63, 3.8) is 0 Å². The molecule has 32 heavy (non-hydrogen) atoms. The third kappa shape index (κ3) is 3.96. The number of nitrogens with one attached hydrogen (secondary N) is 1. The molecule has 5 rings (SSSR count). The maximum Gasteiger partial charge on any atom is 0.243 e. The quantitative estimate of drug-likeness (QED) is 0.646. The van der Waals surface area contributed by atoms with Crippen LogP contribution in [-0.2, 0) is 27.7 Å². The second-order valence-electron chi connectivity index (χ2n) is 8.44. The molecule has 0 atom stereocenters. The summed E-state index contributed by atoms with van der Waals surface area (Å²) >= 11 is 0. The van der Waals surface area contributed by atoms with E-state index in [1.165, 1.54) is 9.87 Å². The fourth-order valence-corrected chi connectivity index (χ4v) is 6.18. The normalized spacial score (nSPS) is 17.2. The first-order chi connectivity index (χ1) is 15.5.